The highest BCUT2D eigenvalue weighted by atomic mass is 79.9. The Hall–Kier alpha value is -0.940. The predicted octanol–water partition coefficient (Wildman–Crippen LogP) is 1.16. The van der Waals surface area contributed by atoms with Crippen LogP contribution < -0.4 is 11.1 Å². The number of halogens is 2. The lowest BCUT2D eigenvalue weighted by molar-refractivity contribution is -0.119. The van der Waals surface area contributed by atoms with Gasteiger partial charge in [0.15, 0.2) is 0 Å². The molecule has 3 nitrogen and oxygen atoms in total. The minimum absolute atomic E-state index is 0.0626. The van der Waals surface area contributed by atoms with E-state index in [0.717, 1.165) is 4.47 Å². The molecule has 1 rings (SSSR count). The first-order valence-electron chi connectivity index (χ1n) is 4.04. The van der Waals surface area contributed by atoms with E-state index in [0.29, 0.717) is 5.56 Å². The first-order valence-corrected chi connectivity index (χ1v) is 4.83. The third kappa shape index (κ3) is 3.08. The Morgan fingerprint density at radius 2 is 2.29 bits per heavy atom. The maximum atomic E-state index is 12.8. The van der Waals surface area contributed by atoms with Gasteiger partial charge in [-0.05, 0) is 23.8 Å². The van der Waals surface area contributed by atoms with Crippen LogP contribution in [-0.2, 0) is 11.3 Å². The Bertz CT molecular complexity index is 344. The molecule has 0 aliphatic carbocycles. The van der Waals surface area contributed by atoms with Gasteiger partial charge in [0.05, 0.1) is 6.54 Å². The van der Waals surface area contributed by atoms with Crippen molar-refractivity contribution in [3.05, 3.63) is 34.1 Å². The van der Waals surface area contributed by atoms with Crippen LogP contribution in [0.3, 0.4) is 0 Å². The maximum absolute atomic E-state index is 12.8. The molecule has 0 saturated carbocycles. The number of carbonyl (C=O) groups excluding carboxylic acids is 1. The third-order valence-corrected chi connectivity index (χ3v) is 2.44. The number of hydrogen-bond acceptors (Lipinski definition) is 2. The molecule has 0 aliphatic heterocycles. The average Bonchev–Trinajstić information content (AvgIpc) is 2.19. The van der Waals surface area contributed by atoms with Crippen LogP contribution in [0.2, 0.25) is 0 Å². The molecule has 76 valence electrons. The third-order valence-electron chi connectivity index (χ3n) is 1.67. The van der Waals surface area contributed by atoms with Crippen molar-refractivity contribution in [2.24, 2.45) is 5.73 Å². The second-order valence-corrected chi connectivity index (χ2v) is 3.57. The van der Waals surface area contributed by atoms with Crippen molar-refractivity contribution in [2.45, 2.75) is 6.54 Å². The van der Waals surface area contributed by atoms with Crippen molar-refractivity contribution in [3.63, 3.8) is 0 Å². The van der Waals surface area contributed by atoms with Crippen LogP contribution in [0.25, 0.3) is 0 Å². The predicted molar refractivity (Wildman–Crippen MR) is 55.0 cm³/mol. The zero-order valence-corrected chi connectivity index (χ0v) is 8.97. The van der Waals surface area contributed by atoms with Crippen LogP contribution in [0.1, 0.15) is 5.56 Å². The smallest absolute Gasteiger partial charge is 0.234 e. The number of rotatable bonds is 3. The Morgan fingerprint density at radius 3 is 2.93 bits per heavy atom. The lowest BCUT2D eigenvalue weighted by atomic mass is 10.2. The van der Waals surface area contributed by atoms with Crippen molar-refractivity contribution >= 4 is 21.8 Å². The molecule has 0 aromatic heterocycles. The van der Waals surface area contributed by atoms with Gasteiger partial charge in [-0.1, -0.05) is 15.9 Å². The van der Waals surface area contributed by atoms with Crippen molar-refractivity contribution in [1.82, 2.24) is 5.32 Å². The fourth-order valence-electron chi connectivity index (χ4n) is 0.945. The lowest BCUT2D eigenvalue weighted by Crippen LogP contribution is -2.29. The summed E-state index contributed by atoms with van der Waals surface area (Å²) >= 11 is 3.25. The molecule has 0 heterocycles. The summed E-state index contributed by atoms with van der Waals surface area (Å²) in [7, 11) is 0. The van der Waals surface area contributed by atoms with Crippen LogP contribution in [0, 0.1) is 5.82 Å². The van der Waals surface area contributed by atoms with E-state index >= 15 is 0 Å². The second kappa shape index (κ2) is 5.07. The monoisotopic (exact) mass is 260 g/mol. The zero-order chi connectivity index (χ0) is 10.6. The van der Waals surface area contributed by atoms with E-state index in [1.165, 1.54) is 12.1 Å². The molecule has 0 aliphatic rings. The second-order valence-electron chi connectivity index (χ2n) is 2.72. The van der Waals surface area contributed by atoms with Crippen LogP contribution in [0.15, 0.2) is 22.7 Å². The van der Waals surface area contributed by atoms with Gasteiger partial charge in [-0.2, -0.15) is 0 Å². The standard InChI is InChI=1S/C9H10BrFN2O/c10-8-2-1-7(11)3-6(8)5-13-9(14)4-12/h1-3H,4-5,12H2,(H,13,14). The highest BCUT2D eigenvalue weighted by Gasteiger charge is 2.03. The average molecular weight is 261 g/mol. The van der Waals surface area contributed by atoms with Crippen molar-refractivity contribution in [3.8, 4) is 0 Å². The SMILES string of the molecule is NCC(=O)NCc1cc(F)ccc1Br. The maximum Gasteiger partial charge on any atom is 0.234 e. The van der Waals surface area contributed by atoms with Gasteiger partial charge in [0.1, 0.15) is 5.82 Å². The van der Waals surface area contributed by atoms with Crippen LogP contribution in [-0.4, -0.2) is 12.5 Å². The summed E-state index contributed by atoms with van der Waals surface area (Å²) in [6.07, 6.45) is 0. The molecule has 0 radical (unpaired) electrons. The van der Waals surface area contributed by atoms with Crippen LogP contribution >= 0.6 is 15.9 Å². The number of carbonyl (C=O) groups is 1. The summed E-state index contributed by atoms with van der Waals surface area (Å²) in [6.45, 7) is 0.210. The van der Waals surface area contributed by atoms with Crippen molar-refractivity contribution < 1.29 is 9.18 Å². The number of amides is 1. The number of hydrogen-bond donors (Lipinski definition) is 2. The summed E-state index contributed by atoms with van der Waals surface area (Å²) in [6, 6.07) is 4.30. The lowest BCUT2D eigenvalue weighted by Gasteiger charge is -2.05. The largest absolute Gasteiger partial charge is 0.351 e. The van der Waals surface area contributed by atoms with Gasteiger partial charge in [0, 0.05) is 11.0 Å². The topological polar surface area (TPSA) is 55.1 Å². The molecule has 0 fully saturated rings. The molecular formula is C9H10BrFN2O. The first-order chi connectivity index (χ1) is 6.63. The summed E-state index contributed by atoms with van der Waals surface area (Å²) in [5, 5.41) is 2.56. The summed E-state index contributed by atoms with van der Waals surface area (Å²) < 4.78 is 13.6. The Morgan fingerprint density at radius 1 is 1.57 bits per heavy atom. The van der Waals surface area contributed by atoms with Gasteiger partial charge in [-0.25, -0.2) is 4.39 Å². The molecule has 1 amide bonds. The minimum atomic E-state index is -0.329. The fraction of sp³-hybridized carbons (Fsp3) is 0.222. The zero-order valence-electron chi connectivity index (χ0n) is 7.39. The van der Waals surface area contributed by atoms with Gasteiger partial charge < -0.3 is 11.1 Å². The van der Waals surface area contributed by atoms with E-state index in [2.05, 4.69) is 21.2 Å². The van der Waals surface area contributed by atoms with Crippen LogP contribution in [0.4, 0.5) is 4.39 Å². The van der Waals surface area contributed by atoms with Gasteiger partial charge in [-0.15, -0.1) is 0 Å². The summed E-state index contributed by atoms with van der Waals surface area (Å²) in [4.78, 5) is 10.8. The van der Waals surface area contributed by atoms with Gasteiger partial charge in [0.25, 0.3) is 0 Å². The molecule has 3 N–H and O–H groups in total. The van der Waals surface area contributed by atoms with E-state index in [4.69, 9.17) is 5.73 Å². The Balaban J connectivity index is 2.66. The summed E-state index contributed by atoms with van der Waals surface area (Å²) in [5.41, 5.74) is 5.79. The van der Waals surface area contributed by atoms with E-state index in [1.807, 2.05) is 0 Å². The van der Waals surface area contributed by atoms with Gasteiger partial charge >= 0.3 is 0 Å². The van der Waals surface area contributed by atoms with Crippen LogP contribution in [0.5, 0.6) is 0 Å². The molecular weight excluding hydrogens is 251 g/mol. The molecule has 5 heteroatoms. The molecule has 14 heavy (non-hydrogen) atoms. The molecule has 1 aromatic carbocycles. The Labute approximate surface area is 89.6 Å². The first kappa shape index (κ1) is 11.1. The van der Waals surface area contributed by atoms with Crippen molar-refractivity contribution in [1.29, 1.82) is 0 Å². The van der Waals surface area contributed by atoms with E-state index in [-0.39, 0.29) is 24.8 Å². The highest BCUT2D eigenvalue weighted by molar-refractivity contribution is 9.10. The molecule has 0 unspecified atom stereocenters. The molecule has 0 bridgehead atoms. The number of nitrogens with two attached hydrogens (primary N) is 1. The van der Waals surface area contributed by atoms with E-state index < -0.39 is 0 Å². The molecule has 1 aromatic rings. The fourth-order valence-corrected chi connectivity index (χ4v) is 1.33. The molecule has 0 saturated heterocycles. The summed E-state index contributed by atoms with van der Waals surface area (Å²) in [5.74, 6) is -0.591. The Kier molecular flexibility index (Phi) is 4.03. The molecule has 0 spiro atoms. The minimum Gasteiger partial charge on any atom is -0.351 e. The van der Waals surface area contributed by atoms with Crippen molar-refractivity contribution in [2.75, 3.05) is 6.54 Å². The molecule has 0 atom stereocenters. The highest BCUT2D eigenvalue weighted by Crippen LogP contribution is 2.17. The van der Waals surface area contributed by atoms with E-state index in [1.54, 1.807) is 6.07 Å². The van der Waals surface area contributed by atoms with Gasteiger partial charge in [-0.3, -0.25) is 4.79 Å². The van der Waals surface area contributed by atoms with E-state index in [9.17, 15) is 9.18 Å². The normalized spacial score (nSPS) is 9.93. The quantitative estimate of drug-likeness (QED) is 0.857. The van der Waals surface area contributed by atoms with Gasteiger partial charge in [0.2, 0.25) is 5.91 Å². The number of nitrogens with one attached hydrogen (secondary N) is 1. The number of benzene rings is 1.